The Bertz CT molecular complexity index is 720. The Morgan fingerprint density at radius 2 is 1.92 bits per heavy atom. The van der Waals surface area contributed by atoms with Crippen molar-refractivity contribution in [1.29, 1.82) is 0 Å². The Balaban J connectivity index is 1.58. The molecular formula is C21H31N4O. The van der Waals surface area contributed by atoms with E-state index in [2.05, 4.69) is 57.7 Å². The lowest BCUT2D eigenvalue weighted by molar-refractivity contribution is 0.0343. The highest BCUT2D eigenvalue weighted by molar-refractivity contribution is 5.84. The van der Waals surface area contributed by atoms with Gasteiger partial charge in [0.2, 0.25) is 0 Å². The first-order chi connectivity index (χ1) is 12.7. The summed E-state index contributed by atoms with van der Waals surface area (Å²) >= 11 is 0. The van der Waals surface area contributed by atoms with Gasteiger partial charge in [0, 0.05) is 63.4 Å². The molecule has 1 radical (unpaired) electrons. The summed E-state index contributed by atoms with van der Waals surface area (Å²) in [6.45, 7) is 13.9. The van der Waals surface area contributed by atoms with E-state index in [1.54, 1.807) is 0 Å². The van der Waals surface area contributed by atoms with Gasteiger partial charge in [-0.2, -0.15) is 0 Å². The Kier molecular flexibility index (Phi) is 5.48. The van der Waals surface area contributed by atoms with Crippen LogP contribution in [0.5, 0.6) is 0 Å². The molecule has 4 rings (SSSR count). The third-order valence-corrected chi connectivity index (χ3v) is 5.75. The van der Waals surface area contributed by atoms with Crippen LogP contribution in [-0.4, -0.2) is 73.0 Å². The zero-order chi connectivity index (χ0) is 17.9. The topological polar surface area (TPSA) is 23.9 Å². The fraction of sp³-hybridized carbons (Fsp3) is 0.619. The predicted molar refractivity (Wildman–Crippen MR) is 106 cm³/mol. The maximum Gasteiger partial charge on any atom is 0.0704 e. The summed E-state index contributed by atoms with van der Waals surface area (Å²) in [5.41, 5.74) is 2.70. The van der Waals surface area contributed by atoms with Crippen LogP contribution in [0.15, 0.2) is 24.4 Å². The van der Waals surface area contributed by atoms with E-state index in [1.807, 2.05) is 6.07 Å². The molecule has 1 aromatic carbocycles. The summed E-state index contributed by atoms with van der Waals surface area (Å²) in [7, 11) is 0. The fourth-order valence-electron chi connectivity index (χ4n) is 4.19. The lowest BCUT2D eigenvalue weighted by Crippen LogP contribution is -2.39. The number of nitrogens with zero attached hydrogens (tertiary/aromatic N) is 4. The lowest BCUT2D eigenvalue weighted by Gasteiger charge is -2.27. The molecule has 0 saturated carbocycles. The molecule has 0 aliphatic carbocycles. The predicted octanol–water partition coefficient (Wildman–Crippen LogP) is 2.33. The van der Waals surface area contributed by atoms with Crippen molar-refractivity contribution in [3.05, 3.63) is 36.0 Å². The van der Waals surface area contributed by atoms with E-state index in [9.17, 15) is 0 Å². The third-order valence-electron chi connectivity index (χ3n) is 5.75. The number of hydrogen-bond donors (Lipinski definition) is 0. The highest BCUT2D eigenvalue weighted by atomic mass is 16.5. The van der Waals surface area contributed by atoms with Gasteiger partial charge in [-0.3, -0.25) is 14.5 Å². The van der Waals surface area contributed by atoms with E-state index in [0.29, 0.717) is 6.04 Å². The van der Waals surface area contributed by atoms with Crippen molar-refractivity contribution < 1.29 is 4.74 Å². The molecule has 2 aromatic rings. The zero-order valence-electron chi connectivity index (χ0n) is 16.2. The van der Waals surface area contributed by atoms with Crippen LogP contribution in [0, 0.1) is 6.07 Å². The van der Waals surface area contributed by atoms with Gasteiger partial charge in [0.05, 0.1) is 18.7 Å². The number of rotatable bonds is 4. The van der Waals surface area contributed by atoms with Gasteiger partial charge in [-0.25, -0.2) is 0 Å². The average molecular weight is 356 g/mol. The Labute approximate surface area is 157 Å². The highest BCUT2D eigenvalue weighted by Crippen LogP contribution is 2.24. The van der Waals surface area contributed by atoms with Crippen LogP contribution >= 0.6 is 0 Å². The summed E-state index contributed by atoms with van der Waals surface area (Å²) in [5.74, 6) is 0. The van der Waals surface area contributed by atoms with E-state index >= 15 is 0 Å². The summed E-state index contributed by atoms with van der Waals surface area (Å²) in [6, 6.07) is 10.3. The minimum Gasteiger partial charge on any atom is -0.379 e. The lowest BCUT2D eigenvalue weighted by atomic mass is 10.1. The van der Waals surface area contributed by atoms with Crippen LogP contribution in [-0.2, 0) is 11.3 Å². The standard InChI is InChI=1S/C21H31N4O/c1-18(2)23-8-5-9-24(11-10-23)25-17-19(16-22-12-14-26-15-13-22)20-6-3-4-7-21(20)25/h3,6-7,17-18H,5,8-16H2,1-2H3. The molecular weight excluding hydrogens is 324 g/mol. The zero-order valence-corrected chi connectivity index (χ0v) is 16.2. The van der Waals surface area contributed by atoms with Crippen LogP contribution in [0.3, 0.4) is 0 Å². The summed E-state index contributed by atoms with van der Waals surface area (Å²) in [5, 5.41) is 3.88. The SMILES string of the molecule is CC(C)N1CCCN(n2cc(CN3CCOCC3)c3cc[c]cc32)CC1. The van der Waals surface area contributed by atoms with Gasteiger partial charge in [-0.1, -0.05) is 12.1 Å². The van der Waals surface area contributed by atoms with Crippen molar-refractivity contribution in [2.45, 2.75) is 32.9 Å². The van der Waals surface area contributed by atoms with Crippen LogP contribution < -0.4 is 5.01 Å². The normalized spacial score (nSPS) is 20.8. The number of aromatic nitrogens is 1. The smallest absolute Gasteiger partial charge is 0.0704 e. The van der Waals surface area contributed by atoms with Gasteiger partial charge in [0.25, 0.3) is 0 Å². The maximum absolute atomic E-state index is 5.50. The molecule has 1 aromatic heterocycles. The molecule has 2 aliphatic heterocycles. The Morgan fingerprint density at radius 3 is 2.73 bits per heavy atom. The van der Waals surface area contributed by atoms with Crippen molar-refractivity contribution in [2.75, 3.05) is 57.5 Å². The van der Waals surface area contributed by atoms with Crippen molar-refractivity contribution in [1.82, 2.24) is 14.5 Å². The molecule has 2 fully saturated rings. The monoisotopic (exact) mass is 355 g/mol. The van der Waals surface area contributed by atoms with Crippen molar-refractivity contribution in [3.63, 3.8) is 0 Å². The second kappa shape index (κ2) is 7.99. The van der Waals surface area contributed by atoms with Crippen LogP contribution in [0.2, 0.25) is 0 Å². The molecule has 0 atom stereocenters. The van der Waals surface area contributed by atoms with Gasteiger partial charge in [0.1, 0.15) is 0 Å². The molecule has 5 nitrogen and oxygen atoms in total. The quantitative estimate of drug-likeness (QED) is 0.840. The van der Waals surface area contributed by atoms with Gasteiger partial charge < -0.3 is 9.75 Å². The first kappa shape index (κ1) is 17.8. The molecule has 26 heavy (non-hydrogen) atoms. The molecule has 2 saturated heterocycles. The number of hydrogen-bond acceptors (Lipinski definition) is 4. The average Bonchev–Trinajstić information content (AvgIpc) is 2.85. The number of fused-ring (bicyclic) bond motifs is 1. The minimum absolute atomic E-state index is 0.626. The fourth-order valence-corrected chi connectivity index (χ4v) is 4.19. The second-order valence-corrected chi connectivity index (χ2v) is 7.77. The van der Waals surface area contributed by atoms with E-state index in [1.165, 1.54) is 29.4 Å². The second-order valence-electron chi connectivity index (χ2n) is 7.77. The third kappa shape index (κ3) is 3.75. The number of benzene rings is 1. The summed E-state index contributed by atoms with van der Waals surface area (Å²) in [4.78, 5) is 5.09. The number of ether oxygens (including phenoxy) is 1. The summed E-state index contributed by atoms with van der Waals surface area (Å²) < 4.78 is 7.90. The largest absolute Gasteiger partial charge is 0.379 e. The van der Waals surface area contributed by atoms with E-state index in [0.717, 1.165) is 52.5 Å². The first-order valence-electron chi connectivity index (χ1n) is 10.0. The summed E-state index contributed by atoms with van der Waals surface area (Å²) in [6.07, 6.45) is 3.58. The van der Waals surface area contributed by atoms with Gasteiger partial charge in [-0.05, 0) is 38.0 Å². The van der Waals surface area contributed by atoms with Crippen LogP contribution in [0.1, 0.15) is 25.8 Å². The van der Waals surface area contributed by atoms with Crippen molar-refractivity contribution >= 4 is 10.9 Å². The highest BCUT2D eigenvalue weighted by Gasteiger charge is 2.20. The molecule has 3 heterocycles. The van der Waals surface area contributed by atoms with Gasteiger partial charge in [0.15, 0.2) is 0 Å². The van der Waals surface area contributed by atoms with Crippen molar-refractivity contribution in [3.8, 4) is 0 Å². The Hall–Kier alpha value is -1.56. The van der Waals surface area contributed by atoms with Crippen LogP contribution in [0.25, 0.3) is 10.9 Å². The van der Waals surface area contributed by atoms with Crippen LogP contribution in [0.4, 0.5) is 0 Å². The van der Waals surface area contributed by atoms with E-state index < -0.39 is 0 Å². The number of morpholine rings is 1. The van der Waals surface area contributed by atoms with E-state index in [4.69, 9.17) is 4.74 Å². The molecule has 0 N–H and O–H groups in total. The van der Waals surface area contributed by atoms with Gasteiger partial charge in [-0.15, -0.1) is 0 Å². The molecule has 0 unspecified atom stereocenters. The van der Waals surface area contributed by atoms with Gasteiger partial charge >= 0.3 is 0 Å². The molecule has 2 aliphatic rings. The van der Waals surface area contributed by atoms with E-state index in [-0.39, 0.29) is 0 Å². The molecule has 0 amide bonds. The molecule has 0 bridgehead atoms. The first-order valence-corrected chi connectivity index (χ1v) is 10.0. The molecule has 141 valence electrons. The molecule has 0 spiro atoms. The maximum atomic E-state index is 5.50. The van der Waals surface area contributed by atoms with Crippen molar-refractivity contribution in [2.24, 2.45) is 0 Å². The minimum atomic E-state index is 0.626. The Morgan fingerprint density at radius 1 is 1.08 bits per heavy atom. The molecule has 5 heteroatoms.